The smallest absolute Gasteiger partial charge is 0.255 e. The van der Waals surface area contributed by atoms with Gasteiger partial charge in [0.1, 0.15) is 0 Å². The summed E-state index contributed by atoms with van der Waals surface area (Å²) in [6.07, 6.45) is 2.52. The molecule has 0 aliphatic carbocycles. The lowest BCUT2D eigenvalue weighted by Gasteiger charge is -2.24. The molecule has 1 saturated heterocycles. The second-order valence-corrected chi connectivity index (χ2v) is 11.5. The summed E-state index contributed by atoms with van der Waals surface area (Å²) < 4.78 is 26.6. The molecule has 2 amide bonds. The van der Waals surface area contributed by atoms with Crippen molar-refractivity contribution in [2.24, 2.45) is 0 Å². The molecule has 0 saturated carbocycles. The van der Waals surface area contributed by atoms with E-state index >= 15 is 0 Å². The molecule has 4 rings (SSSR count). The van der Waals surface area contributed by atoms with Gasteiger partial charge in [0, 0.05) is 32.1 Å². The van der Waals surface area contributed by atoms with E-state index in [9.17, 15) is 18.0 Å². The van der Waals surface area contributed by atoms with Crippen LogP contribution in [-0.2, 0) is 20.4 Å². The van der Waals surface area contributed by atoms with Crippen molar-refractivity contribution in [3.8, 4) is 0 Å². The van der Waals surface area contributed by atoms with Crippen molar-refractivity contribution in [3.05, 3.63) is 102 Å². The lowest BCUT2D eigenvalue weighted by atomic mass is 10.0. The molecule has 200 valence electrons. The first kappa shape index (κ1) is 27.5. The maximum absolute atomic E-state index is 13.7. The van der Waals surface area contributed by atoms with E-state index in [4.69, 9.17) is 0 Å². The van der Waals surface area contributed by atoms with Crippen LogP contribution in [0.1, 0.15) is 53.2 Å². The Labute approximate surface area is 225 Å². The second-order valence-electron chi connectivity index (χ2n) is 9.57. The van der Waals surface area contributed by atoms with Crippen LogP contribution in [0.5, 0.6) is 0 Å². The number of amides is 2. The maximum atomic E-state index is 13.7. The Balaban J connectivity index is 1.48. The third-order valence-electron chi connectivity index (χ3n) is 6.70. The molecular weight excluding hydrogens is 498 g/mol. The van der Waals surface area contributed by atoms with Crippen LogP contribution in [0.4, 0.5) is 0 Å². The number of sulfone groups is 1. The average Bonchev–Trinajstić information content (AvgIpc) is 2.95. The molecule has 7 nitrogen and oxygen atoms in total. The zero-order chi connectivity index (χ0) is 26.8. The van der Waals surface area contributed by atoms with Crippen LogP contribution in [-0.4, -0.2) is 51.3 Å². The van der Waals surface area contributed by atoms with E-state index in [1.54, 1.807) is 47.4 Å². The van der Waals surface area contributed by atoms with Crippen molar-refractivity contribution in [2.75, 3.05) is 26.2 Å². The van der Waals surface area contributed by atoms with E-state index in [2.05, 4.69) is 10.6 Å². The monoisotopic (exact) mass is 533 g/mol. The predicted molar refractivity (Wildman–Crippen MR) is 148 cm³/mol. The molecule has 0 spiro atoms. The fourth-order valence-corrected chi connectivity index (χ4v) is 6.29. The van der Waals surface area contributed by atoms with Crippen LogP contribution in [0.15, 0.2) is 89.8 Å². The van der Waals surface area contributed by atoms with Crippen molar-refractivity contribution in [1.29, 1.82) is 0 Å². The number of carbonyl (C=O) groups excluding carboxylic acids is 2. The van der Waals surface area contributed by atoms with Crippen molar-refractivity contribution < 1.29 is 18.0 Å². The maximum Gasteiger partial charge on any atom is 0.255 e. The van der Waals surface area contributed by atoms with Crippen LogP contribution in [0.2, 0.25) is 0 Å². The zero-order valence-electron chi connectivity index (χ0n) is 21.5. The zero-order valence-corrected chi connectivity index (χ0v) is 22.3. The SMILES string of the molecule is O=C1CC(c2ccccc2)NCCCCN(C(=O)c2ccccc2S(=O)(=O)Cc2ccccc2)CCCN1. The molecule has 0 aromatic heterocycles. The molecule has 38 heavy (non-hydrogen) atoms. The molecule has 0 radical (unpaired) electrons. The average molecular weight is 534 g/mol. The molecule has 0 bridgehead atoms. The van der Waals surface area contributed by atoms with Crippen molar-refractivity contribution >= 4 is 21.7 Å². The largest absolute Gasteiger partial charge is 0.356 e. The first-order valence-electron chi connectivity index (χ1n) is 13.1. The Morgan fingerprint density at radius 3 is 2.24 bits per heavy atom. The van der Waals surface area contributed by atoms with Crippen LogP contribution in [0.25, 0.3) is 0 Å². The molecule has 1 aliphatic heterocycles. The van der Waals surface area contributed by atoms with E-state index < -0.39 is 9.84 Å². The molecule has 1 fully saturated rings. The van der Waals surface area contributed by atoms with Gasteiger partial charge in [0.05, 0.1) is 16.2 Å². The van der Waals surface area contributed by atoms with Crippen molar-refractivity contribution in [1.82, 2.24) is 15.5 Å². The normalized spacial score (nSPS) is 17.9. The standard InChI is InChI=1S/C30H35N3O4S/c34-29-22-27(25-14-5-2-6-15-25)31-18-9-10-20-33(21-11-19-32-29)30(35)26-16-7-8-17-28(26)38(36,37)23-24-12-3-1-4-13-24/h1-8,12-17,27,31H,9-11,18-23H2,(H,32,34). The summed E-state index contributed by atoms with van der Waals surface area (Å²) in [5, 5.41) is 6.46. The van der Waals surface area contributed by atoms with Crippen LogP contribution in [0, 0.1) is 0 Å². The van der Waals surface area contributed by atoms with E-state index in [1.807, 2.05) is 36.4 Å². The Morgan fingerprint density at radius 2 is 1.47 bits per heavy atom. The van der Waals surface area contributed by atoms with Gasteiger partial charge in [-0.2, -0.15) is 0 Å². The van der Waals surface area contributed by atoms with Gasteiger partial charge in [-0.25, -0.2) is 8.42 Å². The van der Waals surface area contributed by atoms with Crippen molar-refractivity contribution in [3.63, 3.8) is 0 Å². The summed E-state index contributed by atoms with van der Waals surface area (Å²) in [6.45, 7) is 2.09. The van der Waals surface area contributed by atoms with Crippen LogP contribution < -0.4 is 10.6 Å². The minimum atomic E-state index is -3.73. The number of rotatable bonds is 5. The minimum Gasteiger partial charge on any atom is -0.356 e. The van der Waals surface area contributed by atoms with Crippen molar-refractivity contribution in [2.45, 2.75) is 42.4 Å². The number of hydrogen-bond donors (Lipinski definition) is 2. The van der Waals surface area contributed by atoms with E-state index in [0.29, 0.717) is 44.6 Å². The Kier molecular flexibility index (Phi) is 9.67. The topological polar surface area (TPSA) is 95.6 Å². The fourth-order valence-electron chi connectivity index (χ4n) is 4.72. The molecule has 1 unspecified atom stereocenters. The third kappa shape index (κ3) is 7.52. The van der Waals surface area contributed by atoms with Gasteiger partial charge in [0.25, 0.3) is 5.91 Å². The highest BCUT2D eigenvalue weighted by molar-refractivity contribution is 7.90. The summed E-state index contributed by atoms with van der Waals surface area (Å²) >= 11 is 0. The number of benzene rings is 3. The highest BCUT2D eigenvalue weighted by Crippen LogP contribution is 2.23. The number of nitrogens with one attached hydrogen (secondary N) is 2. The molecule has 1 aliphatic rings. The molecule has 1 heterocycles. The van der Waals surface area contributed by atoms with Gasteiger partial charge in [-0.3, -0.25) is 9.59 Å². The van der Waals surface area contributed by atoms with Crippen LogP contribution in [0.3, 0.4) is 0 Å². The first-order valence-corrected chi connectivity index (χ1v) is 14.8. The van der Waals surface area contributed by atoms with E-state index in [1.165, 1.54) is 6.07 Å². The second kappa shape index (κ2) is 13.3. The Bertz CT molecular complexity index is 1310. The highest BCUT2D eigenvalue weighted by Gasteiger charge is 2.26. The molecule has 2 N–H and O–H groups in total. The quantitative estimate of drug-likeness (QED) is 0.514. The van der Waals surface area contributed by atoms with Gasteiger partial charge in [0.2, 0.25) is 5.91 Å². The van der Waals surface area contributed by atoms with E-state index in [0.717, 1.165) is 18.4 Å². The van der Waals surface area contributed by atoms with Gasteiger partial charge in [-0.1, -0.05) is 72.8 Å². The molecule has 8 heteroatoms. The summed E-state index contributed by atoms with van der Waals surface area (Å²) in [4.78, 5) is 28.0. The molecule has 3 aromatic rings. The lowest BCUT2D eigenvalue weighted by molar-refractivity contribution is -0.121. The third-order valence-corrected chi connectivity index (χ3v) is 8.44. The van der Waals surface area contributed by atoms with E-state index in [-0.39, 0.29) is 34.1 Å². The highest BCUT2D eigenvalue weighted by atomic mass is 32.2. The van der Waals surface area contributed by atoms with Gasteiger partial charge in [0.15, 0.2) is 9.84 Å². The minimum absolute atomic E-state index is 0.0409. The Morgan fingerprint density at radius 1 is 0.816 bits per heavy atom. The number of carbonyl (C=O) groups is 2. The molecule has 3 aromatic carbocycles. The predicted octanol–water partition coefficient (Wildman–Crippen LogP) is 4.12. The lowest BCUT2D eigenvalue weighted by Crippen LogP contribution is -2.36. The van der Waals surface area contributed by atoms with Gasteiger partial charge >= 0.3 is 0 Å². The fraction of sp³-hybridized carbons (Fsp3) is 0.333. The van der Waals surface area contributed by atoms with Gasteiger partial charge in [-0.15, -0.1) is 0 Å². The summed E-state index contributed by atoms with van der Waals surface area (Å²) in [7, 11) is -3.73. The van der Waals surface area contributed by atoms with Crippen LogP contribution >= 0.6 is 0 Å². The molecule has 1 atom stereocenters. The summed E-state index contributed by atoms with van der Waals surface area (Å²) in [5.74, 6) is -0.507. The number of hydrogen-bond acceptors (Lipinski definition) is 5. The summed E-state index contributed by atoms with van der Waals surface area (Å²) in [5.41, 5.74) is 1.94. The van der Waals surface area contributed by atoms with Gasteiger partial charge in [-0.05, 0) is 49.1 Å². The first-order chi connectivity index (χ1) is 18.4. The Hall–Kier alpha value is -3.49. The molecular formula is C30H35N3O4S. The van der Waals surface area contributed by atoms with Gasteiger partial charge < -0.3 is 15.5 Å². The summed E-state index contributed by atoms with van der Waals surface area (Å²) in [6, 6.07) is 25.3. The number of nitrogens with zero attached hydrogens (tertiary/aromatic N) is 1.